The Labute approximate surface area is 187 Å². The maximum atomic E-state index is 11.8. The van der Waals surface area contributed by atoms with Crippen molar-refractivity contribution >= 4 is 11.9 Å². The van der Waals surface area contributed by atoms with Crippen LogP contribution in [0.5, 0.6) is 0 Å². The third-order valence-corrected chi connectivity index (χ3v) is 6.59. The summed E-state index contributed by atoms with van der Waals surface area (Å²) in [6.07, 6.45) is 3.81. The molecule has 2 aromatic carbocycles. The average molecular weight is 421 g/mol. The summed E-state index contributed by atoms with van der Waals surface area (Å²) in [7, 11) is 1.81. The molecule has 0 unspecified atom stereocenters. The maximum Gasteiger partial charge on any atom is 0.222 e. The zero-order valence-electron chi connectivity index (χ0n) is 19.2. The highest BCUT2D eigenvalue weighted by atomic mass is 16.2. The van der Waals surface area contributed by atoms with E-state index in [4.69, 9.17) is 0 Å². The van der Waals surface area contributed by atoms with Crippen molar-refractivity contribution in [3.8, 4) is 0 Å². The van der Waals surface area contributed by atoms with Gasteiger partial charge in [0.15, 0.2) is 5.96 Å². The van der Waals surface area contributed by atoms with Crippen LogP contribution < -0.4 is 10.6 Å². The fourth-order valence-electron chi connectivity index (χ4n) is 4.32. The Morgan fingerprint density at radius 2 is 1.68 bits per heavy atom. The number of rotatable bonds is 9. The Morgan fingerprint density at radius 1 is 1.00 bits per heavy atom. The van der Waals surface area contributed by atoms with Crippen molar-refractivity contribution in [3.05, 3.63) is 71.3 Å². The Balaban J connectivity index is 1.53. The van der Waals surface area contributed by atoms with E-state index in [1.807, 2.05) is 11.9 Å². The highest BCUT2D eigenvalue weighted by Crippen LogP contribution is 2.30. The van der Waals surface area contributed by atoms with Crippen LogP contribution in [0.25, 0.3) is 0 Å². The average Bonchev–Trinajstić information content (AvgIpc) is 3.22. The van der Waals surface area contributed by atoms with Crippen molar-refractivity contribution in [1.29, 1.82) is 0 Å². The van der Waals surface area contributed by atoms with Gasteiger partial charge in [0.25, 0.3) is 0 Å². The normalized spacial score (nSPS) is 14.7. The third-order valence-electron chi connectivity index (χ3n) is 6.59. The molecule has 0 aromatic heterocycles. The number of guanidine groups is 1. The van der Waals surface area contributed by atoms with Gasteiger partial charge in [-0.15, -0.1) is 0 Å². The monoisotopic (exact) mass is 420 g/mol. The predicted molar refractivity (Wildman–Crippen MR) is 128 cm³/mol. The van der Waals surface area contributed by atoms with Crippen LogP contribution in [-0.2, 0) is 23.3 Å². The van der Waals surface area contributed by atoms with Gasteiger partial charge in [-0.3, -0.25) is 9.79 Å². The Morgan fingerprint density at radius 3 is 2.26 bits per heavy atom. The number of likely N-dealkylation sites (tertiary alicyclic amines) is 1. The molecule has 1 aliphatic heterocycles. The lowest BCUT2D eigenvalue weighted by Gasteiger charge is -2.33. The second kappa shape index (κ2) is 11.0. The lowest BCUT2D eigenvalue weighted by Crippen LogP contribution is -2.45. The molecule has 0 saturated carbocycles. The molecule has 0 atom stereocenters. The number of nitrogens with zero attached hydrogens (tertiary/aromatic N) is 2. The van der Waals surface area contributed by atoms with Crippen LogP contribution in [-0.4, -0.2) is 36.9 Å². The molecule has 5 heteroatoms. The molecule has 1 saturated heterocycles. The second-order valence-corrected chi connectivity index (χ2v) is 8.37. The van der Waals surface area contributed by atoms with Crippen molar-refractivity contribution in [2.75, 3.05) is 20.1 Å². The van der Waals surface area contributed by atoms with Crippen LogP contribution in [0.2, 0.25) is 0 Å². The van der Waals surface area contributed by atoms with Gasteiger partial charge in [0, 0.05) is 45.1 Å². The summed E-state index contributed by atoms with van der Waals surface area (Å²) >= 11 is 0. The molecule has 3 rings (SSSR count). The minimum atomic E-state index is 0.0908. The zero-order chi connectivity index (χ0) is 22.1. The molecule has 0 radical (unpaired) electrons. The first kappa shape index (κ1) is 22.9. The summed E-state index contributed by atoms with van der Waals surface area (Å²) in [6.45, 7) is 7.65. The highest BCUT2D eigenvalue weighted by Gasteiger charge is 2.28. The fourth-order valence-corrected chi connectivity index (χ4v) is 4.32. The number of amides is 1. The molecule has 31 heavy (non-hydrogen) atoms. The van der Waals surface area contributed by atoms with Gasteiger partial charge in [-0.1, -0.05) is 68.4 Å². The molecule has 1 fully saturated rings. The van der Waals surface area contributed by atoms with Gasteiger partial charge in [-0.05, 0) is 36.0 Å². The smallest absolute Gasteiger partial charge is 0.222 e. The van der Waals surface area contributed by atoms with Crippen molar-refractivity contribution in [3.63, 3.8) is 0 Å². The number of hydrogen-bond donors (Lipinski definition) is 2. The number of nitrogens with one attached hydrogen (secondary N) is 2. The van der Waals surface area contributed by atoms with Crippen LogP contribution in [0.4, 0.5) is 0 Å². The molecule has 2 N–H and O–H groups in total. The number of hydrogen-bond acceptors (Lipinski definition) is 2. The van der Waals surface area contributed by atoms with Gasteiger partial charge >= 0.3 is 0 Å². The number of benzene rings is 2. The maximum absolute atomic E-state index is 11.8. The van der Waals surface area contributed by atoms with E-state index < -0.39 is 0 Å². The molecule has 2 aromatic rings. The standard InChI is InChI=1S/C26H36N4O/c1-4-26(5-2,23-10-7-6-8-11-23)20-29-25(27-3)28-18-21-13-15-22(16-14-21)19-30-17-9-12-24(30)31/h6-8,10-11,13-16H,4-5,9,12,17-20H2,1-3H3,(H2,27,28,29). The lowest BCUT2D eigenvalue weighted by atomic mass is 9.76. The quantitative estimate of drug-likeness (QED) is 0.471. The molecule has 1 heterocycles. The van der Waals surface area contributed by atoms with Gasteiger partial charge < -0.3 is 15.5 Å². The van der Waals surface area contributed by atoms with E-state index in [-0.39, 0.29) is 11.3 Å². The summed E-state index contributed by atoms with van der Waals surface area (Å²) in [5.74, 6) is 1.08. The van der Waals surface area contributed by atoms with Crippen molar-refractivity contribution in [2.24, 2.45) is 4.99 Å². The van der Waals surface area contributed by atoms with Crippen LogP contribution >= 0.6 is 0 Å². The third kappa shape index (κ3) is 5.87. The topological polar surface area (TPSA) is 56.7 Å². The summed E-state index contributed by atoms with van der Waals surface area (Å²) in [6, 6.07) is 19.2. The molecule has 0 bridgehead atoms. The molecule has 1 aliphatic rings. The molecular formula is C26H36N4O. The van der Waals surface area contributed by atoms with Crippen LogP contribution in [0.1, 0.15) is 56.2 Å². The minimum absolute atomic E-state index is 0.0908. The Kier molecular flexibility index (Phi) is 8.10. The van der Waals surface area contributed by atoms with E-state index in [1.165, 1.54) is 16.7 Å². The van der Waals surface area contributed by atoms with E-state index in [0.717, 1.165) is 38.3 Å². The number of carbonyl (C=O) groups excluding carboxylic acids is 1. The van der Waals surface area contributed by atoms with E-state index in [0.29, 0.717) is 19.5 Å². The van der Waals surface area contributed by atoms with Gasteiger partial charge in [0.2, 0.25) is 5.91 Å². The van der Waals surface area contributed by atoms with E-state index in [2.05, 4.69) is 84.1 Å². The van der Waals surface area contributed by atoms with Gasteiger partial charge in [-0.2, -0.15) is 0 Å². The minimum Gasteiger partial charge on any atom is -0.356 e. The summed E-state index contributed by atoms with van der Waals surface area (Å²) in [5.41, 5.74) is 3.84. The molecule has 0 aliphatic carbocycles. The number of carbonyl (C=O) groups is 1. The second-order valence-electron chi connectivity index (χ2n) is 8.37. The SMILES string of the molecule is CCC(CC)(CNC(=NC)NCc1ccc(CN2CCCC2=O)cc1)c1ccccc1. The summed E-state index contributed by atoms with van der Waals surface area (Å²) < 4.78 is 0. The molecule has 166 valence electrons. The van der Waals surface area contributed by atoms with E-state index >= 15 is 0 Å². The van der Waals surface area contributed by atoms with Gasteiger partial charge in [0.1, 0.15) is 0 Å². The Bertz CT molecular complexity index is 857. The predicted octanol–water partition coefficient (Wildman–Crippen LogP) is 4.23. The van der Waals surface area contributed by atoms with E-state index in [9.17, 15) is 4.79 Å². The van der Waals surface area contributed by atoms with Crippen LogP contribution in [0.3, 0.4) is 0 Å². The van der Waals surface area contributed by atoms with Crippen molar-refractivity contribution in [2.45, 2.75) is 58.0 Å². The fraction of sp³-hybridized carbons (Fsp3) is 0.462. The van der Waals surface area contributed by atoms with E-state index in [1.54, 1.807) is 0 Å². The molecule has 1 amide bonds. The Hall–Kier alpha value is -2.82. The molecule has 0 spiro atoms. The number of aliphatic imine (C=N–C) groups is 1. The molecule has 5 nitrogen and oxygen atoms in total. The zero-order valence-corrected chi connectivity index (χ0v) is 19.2. The highest BCUT2D eigenvalue weighted by molar-refractivity contribution is 5.79. The van der Waals surface area contributed by atoms with Crippen LogP contribution in [0.15, 0.2) is 59.6 Å². The van der Waals surface area contributed by atoms with Gasteiger partial charge in [0.05, 0.1) is 0 Å². The lowest BCUT2D eigenvalue weighted by molar-refractivity contribution is -0.128. The molecular weight excluding hydrogens is 384 g/mol. The van der Waals surface area contributed by atoms with Crippen LogP contribution in [0, 0.1) is 0 Å². The summed E-state index contributed by atoms with van der Waals surface area (Å²) in [5, 5.41) is 6.97. The van der Waals surface area contributed by atoms with Gasteiger partial charge in [-0.25, -0.2) is 0 Å². The summed E-state index contributed by atoms with van der Waals surface area (Å²) in [4.78, 5) is 18.2. The van der Waals surface area contributed by atoms with Crippen molar-refractivity contribution in [1.82, 2.24) is 15.5 Å². The first-order valence-electron chi connectivity index (χ1n) is 11.5. The first-order chi connectivity index (χ1) is 15.1. The first-order valence-corrected chi connectivity index (χ1v) is 11.5. The largest absolute Gasteiger partial charge is 0.356 e. The van der Waals surface area contributed by atoms with Crippen molar-refractivity contribution < 1.29 is 4.79 Å².